The van der Waals surface area contributed by atoms with Crippen LogP contribution in [0.5, 0.6) is 0 Å². The molecule has 0 aliphatic rings. The Balaban J connectivity index is 1.85. The smallest absolute Gasteiger partial charge is 0.224 e. The van der Waals surface area contributed by atoms with Crippen molar-refractivity contribution in [3.63, 3.8) is 0 Å². The van der Waals surface area contributed by atoms with Crippen LogP contribution in [0.2, 0.25) is 0 Å². The summed E-state index contributed by atoms with van der Waals surface area (Å²) in [6, 6.07) is 11.6. The van der Waals surface area contributed by atoms with E-state index in [0.717, 1.165) is 11.1 Å². The van der Waals surface area contributed by atoms with Gasteiger partial charge in [-0.1, -0.05) is 30.3 Å². The molecule has 0 unspecified atom stereocenters. The zero-order valence-electron chi connectivity index (χ0n) is 10.7. The summed E-state index contributed by atoms with van der Waals surface area (Å²) in [6.07, 6.45) is 0.316. The Bertz CT molecular complexity index is 575. The first kappa shape index (κ1) is 13.5. The van der Waals surface area contributed by atoms with E-state index < -0.39 is 0 Å². The van der Waals surface area contributed by atoms with Gasteiger partial charge >= 0.3 is 0 Å². The normalized spacial score (nSPS) is 10.2. The highest BCUT2D eigenvalue weighted by molar-refractivity contribution is 7.12. The molecule has 98 valence electrons. The van der Waals surface area contributed by atoms with Gasteiger partial charge < -0.3 is 5.32 Å². The second kappa shape index (κ2) is 6.29. The van der Waals surface area contributed by atoms with Gasteiger partial charge in [-0.15, -0.1) is 11.3 Å². The van der Waals surface area contributed by atoms with E-state index in [2.05, 4.69) is 5.32 Å². The summed E-state index contributed by atoms with van der Waals surface area (Å²) >= 11 is 1.38. The van der Waals surface area contributed by atoms with Crippen molar-refractivity contribution in [2.75, 3.05) is 0 Å². The number of carbonyl (C=O) groups excluding carboxylic acids is 2. The van der Waals surface area contributed by atoms with E-state index in [1.165, 1.54) is 18.3 Å². The lowest BCUT2D eigenvalue weighted by Gasteiger charge is -2.04. The summed E-state index contributed by atoms with van der Waals surface area (Å²) in [5.41, 5.74) is 1.96. The van der Waals surface area contributed by atoms with E-state index >= 15 is 0 Å². The highest BCUT2D eigenvalue weighted by atomic mass is 32.1. The van der Waals surface area contributed by atoms with Crippen molar-refractivity contribution in [1.82, 2.24) is 5.32 Å². The summed E-state index contributed by atoms with van der Waals surface area (Å²) in [5.74, 6) is 0.0118. The molecule has 0 aliphatic heterocycles. The molecule has 4 heteroatoms. The number of rotatable bonds is 5. The third-order valence-corrected chi connectivity index (χ3v) is 3.78. The molecule has 19 heavy (non-hydrogen) atoms. The summed E-state index contributed by atoms with van der Waals surface area (Å²) < 4.78 is 0. The zero-order valence-corrected chi connectivity index (χ0v) is 11.5. The van der Waals surface area contributed by atoms with Crippen LogP contribution in [-0.2, 0) is 17.8 Å². The summed E-state index contributed by atoms with van der Waals surface area (Å²) in [5, 5.41) is 4.73. The van der Waals surface area contributed by atoms with Gasteiger partial charge in [0, 0.05) is 6.54 Å². The largest absolute Gasteiger partial charge is 0.352 e. The second-order valence-corrected chi connectivity index (χ2v) is 5.23. The summed E-state index contributed by atoms with van der Waals surface area (Å²) in [4.78, 5) is 23.6. The van der Waals surface area contributed by atoms with Gasteiger partial charge in [-0.2, -0.15) is 0 Å². The van der Waals surface area contributed by atoms with Crippen LogP contribution in [0.15, 0.2) is 41.8 Å². The number of benzene rings is 1. The van der Waals surface area contributed by atoms with Crippen LogP contribution in [0.3, 0.4) is 0 Å². The number of hydrogen-bond acceptors (Lipinski definition) is 3. The first-order valence-electron chi connectivity index (χ1n) is 6.04. The first-order chi connectivity index (χ1) is 9.15. The van der Waals surface area contributed by atoms with E-state index in [0.29, 0.717) is 17.8 Å². The highest BCUT2D eigenvalue weighted by Gasteiger charge is 2.08. The SMILES string of the molecule is CC(=O)c1cc(CC(=O)NCc2ccccc2)cs1. The molecule has 0 saturated carbocycles. The molecular formula is C15H15NO2S. The van der Waals surface area contributed by atoms with Gasteiger partial charge in [0.05, 0.1) is 11.3 Å². The highest BCUT2D eigenvalue weighted by Crippen LogP contribution is 2.15. The van der Waals surface area contributed by atoms with Crippen LogP contribution in [0.25, 0.3) is 0 Å². The van der Waals surface area contributed by atoms with Crippen molar-refractivity contribution in [2.45, 2.75) is 19.9 Å². The van der Waals surface area contributed by atoms with E-state index in [9.17, 15) is 9.59 Å². The Morgan fingerprint density at radius 2 is 1.89 bits per heavy atom. The van der Waals surface area contributed by atoms with Gasteiger partial charge in [-0.05, 0) is 29.5 Å². The van der Waals surface area contributed by atoms with E-state index in [4.69, 9.17) is 0 Å². The maximum atomic E-state index is 11.8. The monoisotopic (exact) mass is 273 g/mol. The van der Waals surface area contributed by atoms with Gasteiger partial charge in [0.25, 0.3) is 0 Å². The minimum Gasteiger partial charge on any atom is -0.352 e. The van der Waals surface area contributed by atoms with Gasteiger partial charge in [0.15, 0.2) is 5.78 Å². The number of amides is 1. The predicted octanol–water partition coefficient (Wildman–Crippen LogP) is 2.81. The molecule has 0 saturated heterocycles. The summed E-state index contributed by atoms with van der Waals surface area (Å²) in [6.45, 7) is 2.06. The third kappa shape index (κ3) is 4.03. The molecule has 1 aromatic carbocycles. The molecule has 2 aromatic rings. The molecule has 0 bridgehead atoms. The van der Waals surface area contributed by atoms with Crippen molar-refractivity contribution in [3.05, 3.63) is 57.8 Å². The molecule has 1 aromatic heterocycles. The Hall–Kier alpha value is -1.94. The standard InChI is InChI=1S/C15H15NO2S/c1-11(17)14-7-13(10-19-14)8-15(18)16-9-12-5-3-2-4-6-12/h2-7,10H,8-9H2,1H3,(H,16,18). The molecule has 2 rings (SSSR count). The van der Waals surface area contributed by atoms with E-state index in [1.54, 1.807) is 6.07 Å². The quantitative estimate of drug-likeness (QED) is 0.851. The minimum absolute atomic E-state index is 0.0308. The van der Waals surface area contributed by atoms with Crippen LogP contribution in [0.1, 0.15) is 27.7 Å². The molecule has 1 heterocycles. The average molecular weight is 273 g/mol. The molecule has 3 nitrogen and oxygen atoms in total. The molecule has 0 radical (unpaired) electrons. The second-order valence-electron chi connectivity index (χ2n) is 4.31. The molecular weight excluding hydrogens is 258 g/mol. The van der Waals surface area contributed by atoms with E-state index in [-0.39, 0.29) is 11.7 Å². The number of nitrogens with one attached hydrogen (secondary N) is 1. The van der Waals surface area contributed by atoms with Crippen LogP contribution >= 0.6 is 11.3 Å². The third-order valence-electron chi connectivity index (χ3n) is 2.70. The number of carbonyl (C=O) groups is 2. The van der Waals surface area contributed by atoms with Crippen LogP contribution in [0, 0.1) is 0 Å². The fourth-order valence-corrected chi connectivity index (χ4v) is 2.51. The van der Waals surface area contributed by atoms with Crippen molar-refractivity contribution in [2.24, 2.45) is 0 Å². The Morgan fingerprint density at radius 3 is 2.53 bits per heavy atom. The minimum atomic E-state index is -0.0308. The maximum absolute atomic E-state index is 11.8. The van der Waals surface area contributed by atoms with Crippen molar-refractivity contribution in [1.29, 1.82) is 0 Å². The zero-order chi connectivity index (χ0) is 13.7. The number of hydrogen-bond donors (Lipinski definition) is 1. The number of thiophene rings is 1. The lowest BCUT2D eigenvalue weighted by atomic mass is 10.2. The van der Waals surface area contributed by atoms with Crippen LogP contribution < -0.4 is 5.32 Å². The van der Waals surface area contributed by atoms with Gasteiger partial charge in [0.2, 0.25) is 5.91 Å². The lowest BCUT2D eigenvalue weighted by molar-refractivity contribution is -0.120. The summed E-state index contributed by atoms with van der Waals surface area (Å²) in [7, 11) is 0. The van der Waals surface area contributed by atoms with Crippen LogP contribution in [-0.4, -0.2) is 11.7 Å². The lowest BCUT2D eigenvalue weighted by Crippen LogP contribution is -2.24. The predicted molar refractivity (Wildman–Crippen MR) is 76.3 cm³/mol. The number of Topliss-reactive ketones (excluding diaryl/α,β-unsaturated/α-hetero) is 1. The first-order valence-corrected chi connectivity index (χ1v) is 6.92. The average Bonchev–Trinajstić information content (AvgIpc) is 2.86. The van der Waals surface area contributed by atoms with Crippen molar-refractivity contribution in [3.8, 4) is 0 Å². The Morgan fingerprint density at radius 1 is 1.16 bits per heavy atom. The maximum Gasteiger partial charge on any atom is 0.224 e. The Labute approximate surface area is 116 Å². The van der Waals surface area contributed by atoms with Gasteiger partial charge in [0.1, 0.15) is 0 Å². The molecule has 1 amide bonds. The van der Waals surface area contributed by atoms with Gasteiger partial charge in [-0.25, -0.2) is 0 Å². The van der Waals surface area contributed by atoms with Crippen LogP contribution in [0.4, 0.5) is 0 Å². The van der Waals surface area contributed by atoms with E-state index in [1.807, 2.05) is 35.7 Å². The fraction of sp³-hybridized carbons (Fsp3) is 0.200. The topological polar surface area (TPSA) is 46.2 Å². The van der Waals surface area contributed by atoms with Crippen molar-refractivity contribution >= 4 is 23.0 Å². The molecule has 0 spiro atoms. The molecule has 0 fully saturated rings. The molecule has 0 atom stereocenters. The van der Waals surface area contributed by atoms with Crippen molar-refractivity contribution < 1.29 is 9.59 Å². The number of ketones is 1. The molecule has 1 N–H and O–H groups in total. The Kier molecular flexibility index (Phi) is 4.47. The van der Waals surface area contributed by atoms with Gasteiger partial charge in [-0.3, -0.25) is 9.59 Å². The fourth-order valence-electron chi connectivity index (χ4n) is 1.70. The molecule has 0 aliphatic carbocycles.